The van der Waals surface area contributed by atoms with E-state index in [1.54, 1.807) is 24.9 Å². The maximum Gasteiger partial charge on any atom is 0.253 e. The standard InChI is InChI=1S/C18H27FN2O2/c1-12-9-15(5-6-17(12)19)18(23)20(4)14(3)13(2)10-21-8-7-16(22)11-21/h5-6,9,13-14,16,22H,7-8,10-11H2,1-4H3/t13-,14?,16-/m1/s1. The first-order valence-corrected chi connectivity index (χ1v) is 8.23. The van der Waals surface area contributed by atoms with E-state index in [4.69, 9.17) is 0 Å². The number of nitrogens with zero attached hydrogens (tertiary/aromatic N) is 2. The molecule has 0 aromatic heterocycles. The number of halogens is 1. The molecule has 5 heteroatoms. The van der Waals surface area contributed by atoms with E-state index in [1.807, 2.05) is 6.92 Å². The van der Waals surface area contributed by atoms with Crippen LogP contribution in [0.15, 0.2) is 18.2 Å². The molecule has 1 saturated heterocycles. The van der Waals surface area contributed by atoms with E-state index in [0.29, 0.717) is 17.7 Å². The van der Waals surface area contributed by atoms with Gasteiger partial charge < -0.3 is 14.9 Å². The highest BCUT2D eigenvalue weighted by atomic mass is 19.1. The molecule has 0 bridgehead atoms. The van der Waals surface area contributed by atoms with Crippen LogP contribution in [0.4, 0.5) is 4.39 Å². The molecule has 1 unspecified atom stereocenters. The number of carbonyl (C=O) groups excluding carboxylic acids is 1. The summed E-state index contributed by atoms with van der Waals surface area (Å²) >= 11 is 0. The Labute approximate surface area is 137 Å². The van der Waals surface area contributed by atoms with E-state index >= 15 is 0 Å². The number of aryl methyl sites for hydroxylation is 1. The number of hydrogen-bond acceptors (Lipinski definition) is 3. The molecule has 0 saturated carbocycles. The summed E-state index contributed by atoms with van der Waals surface area (Å²) in [6.45, 7) is 8.30. The van der Waals surface area contributed by atoms with Crippen LogP contribution in [0.25, 0.3) is 0 Å². The van der Waals surface area contributed by atoms with Crippen molar-refractivity contribution in [3.8, 4) is 0 Å². The van der Waals surface area contributed by atoms with Crippen LogP contribution in [-0.4, -0.2) is 59.6 Å². The maximum atomic E-state index is 13.4. The second-order valence-corrected chi connectivity index (χ2v) is 6.80. The molecular formula is C18H27FN2O2. The van der Waals surface area contributed by atoms with Gasteiger partial charge >= 0.3 is 0 Å². The van der Waals surface area contributed by atoms with Gasteiger partial charge in [-0.05, 0) is 49.9 Å². The van der Waals surface area contributed by atoms with Gasteiger partial charge in [0.05, 0.1) is 6.10 Å². The van der Waals surface area contributed by atoms with E-state index < -0.39 is 0 Å². The number of rotatable bonds is 5. The highest BCUT2D eigenvalue weighted by Crippen LogP contribution is 2.18. The molecule has 0 aliphatic carbocycles. The zero-order chi connectivity index (χ0) is 17.1. The van der Waals surface area contributed by atoms with Crippen molar-refractivity contribution in [1.82, 2.24) is 9.80 Å². The van der Waals surface area contributed by atoms with Crippen molar-refractivity contribution in [1.29, 1.82) is 0 Å². The third-order valence-corrected chi connectivity index (χ3v) is 4.95. The number of carbonyl (C=O) groups is 1. The van der Waals surface area contributed by atoms with Crippen LogP contribution in [-0.2, 0) is 0 Å². The van der Waals surface area contributed by atoms with E-state index in [2.05, 4.69) is 11.8 Å². The molecule has 1 fully saturated rings. The normalized spacial score (nSPS) is 21.2. The van der Waals surface area contributed by atoms with E-state index in [-0.39, 0.29) is 29.8 Å². The Morgan fingerprint density at radius 3 is 2.74 bits per heavy atom. The van der Waals surface area contributed by atoms with Gasteiger partial charge in [0.1, 0.15) is 5.82 Å². The van der Waals surface area contributed by atoms with Crippen molar-refractivity contribution < 1.29 is 14.3 Å². The third-order valence-electron chi connectivity index (χ3n) is 4.95. The molecule has 3 atom stereocenters. The van der Waals surface area contributed by atoms with Gasteiger partial charge in [-0.1, -0.05) is 6.92 Å². The molecule has 128 valence electrons. The summed E-state index contributed by atoms with van der Waals surface area (Å²) in [6, 6.07) is 4.54. The number of amides is 1. The lowest BCUT2D eigenvalue weighted by Gasteiger charge is -2.32. The van der Waals surface area contributed by atoms with Crippen LogP contribution in [0.2, 0.25) is 0 Å². The Hall–Kier alpha value is -1.46. The minimum Gasteiger partial charge on any atom is -0.392 e. The van der Waals surface area contributed by atoms with Crippen molar-refractivity contribution >= 4 is 5.91 Å². The van der Waals surface area contributed by atoms with Gasteiger partial charge in [0, 0.05) is 38.3 Å². The Bertz CT molecular complexity index is 564. The topological polar surface area (TPSA) is 43.8 Å². The monoisotopic (exact) mass is 322 g/mol. The first-order chi connectivity index (χ1) is 10.8. The fourth-order valence-corrected chi connectivity index (χ4v) is 3.09. The number of hydrogen-bond donors (Lipinski definition) is 1. The van der Waals surface area contributed by atoms with Crippen molar-refractivity contribution in [2.24, 2.45) is 5.92 Å². The van der Waals surface area contributed by atoms with Gasteiger partial charge in [0.25, 0.3) is 5.91 Å². The smallest absolute Gasteiger partial charge is 0.253 e. The number of aliphatic hydroxyl groups excluding tert-OH is 1. The molecule has 4 nitrogen and oxygen atoms in total. The largest absolute Gasteiger partial charge is 0.392 e. The van der Waals surface area contributed by atoms with Crippen molar-refractivity contribution in [3.05, 3.63) is 35.1 Å². The van der Waals surface area contributed by atoms with Crippen LogP contribution >= 0.6 is 0 Å². The van der Waals surface area contributed by atoms with E-state index in [9.17, 15) is 14.3 Å². The Balaban J connectivity index is 1.98. The van der Waals surface area contributed by atoms with Gasteiger partial charge in [-0.15, -0.1) is 0 Å². The van der Waals surface area contributed by atoms with Gasteiger partial charge in [0.2, 0.25) is 0 Å². The maximum absolute atomic E-state index is 13.4. The molecule has 1 aromatic rings. The fourth-order valence-electron chi connectivity index (χ4n) is 3.09. The molecule has 1 heterocycles. The molecule has 0 spiro atoms. The van der Waals surface area contributed by atoms with Crippen LogP contribution in [0.3, 0.4) is 0 Å². The number of β-amino-alcohol motifs (C(OH)–C–C–N with tert-alkyl or cyclic N) is 1. The summed E-state index contributed by atoms with van der Waals surface area (Å²) in [4.78, 5) is 16.6. The lowest BCUT2D eigenvalue weighted by atomic mass is 10.0. The van der Waals surface area contributed by atoms with Crippen molar-refractivity contribution in [3.63, 3.8) is 0 Å². The molecule has 23 heavy (non-hydrogen) atoms. The van der Waals surface area contributed by atoms with Crippen molar-refractivity contribution in [2.75, 3.05) is 26.7 Å². The van der Waals surface area contributed by atoms with E-state index in [1.165, 1.54) is 12.1 Å². The van der Waals surface area contributed by atoms with Crippen LogP contribution in [0.1, 0.15) is 36.2 Å². The lowest BCUT2D eigenvalue weighted by molar-refractivity contribution is 0.0674. The Morgan fingerprint density at radius 2 is 2.17 bits per heavy atom. The molecule has 1 aliphatic heterocycles. The first-order valence-electron chi connectivity index (χ1n) is 8.23. The zero-order valence-electron chi connectivity index (χ0n) is 14.4. The second kappa shape index (κ2) is 7.41. The number of benzene rings is 1. The fraction of sp³-hybridized carbons (Fsp3) is 0.611. The lowest BCUT2D eigenvalue weighted by Crippen LogP contribution is -2.43. The molecule has 2 rings (SSSR count). The van der Waals surface area contributed by atoms with Gasteiger partial charge in [-0.3, -0.25) is 4.79 Å². The first kappa shape index (κ1) is 17.9. The highest BCUT2D eigenvalue weighted by Gasteiger charge is 2.27. The van der Waals surface area contributed by atoms with E-state index in [0.717, 1.165) is 19.5 Å². The van der Waals surface area contributed by atoms with Crippen molar-refractivity contribution in [2.45, 2.75) is 39.3 Å². The summed E-state index contributed by atoms with van der Waals surface area (Å²) in [5, 5.41) is 9.61. The Morgan fingerprint density at radius 1 is 1.48 bits per heavy atom. The Kier molecular flexibility index (Phi) is 5.76. The second-order valence-electron chi connectivity index (χ2n) is 6.80. The average molecular weight is 322 g/mol. The minimum absolute atomic E-state index is 0.0607. The molecule has 1 amide bonds. The third kappa shape index (κ3) is 4.30. The highest BCUT2D eigenvalue weighted by molar-refractivity contribution is 5.94. The van der Waals surface area contributed by atoms with Crippen LogP contribution in [0.5, 0.6) is 0 Å². The van der Waals surface area contributed by atoms with Gasteiger partial charge in [0.15, 0.2) is 0 Å². The summed E-state index contributed by atoms with van der Waals surface area (Å²) in [6.07, 6.45) is 0.601. The average Bonchev–Trinajstić information content (AvgIpc) is 2.92. The molecule has 1 aromatic carbocycles. The predicted octanol–water partition coefficient (Wildman–Crippen LogP) is 2.30. The van der Waals surface area contributed by atoms with Gasteiger partial charge in [-0.25, -0.2) is 4.39 Å². The van der Waals surface area contributed by atoms with Crippen LogP contribution in [0, 0.1) is 18.7 Å². The molecule has 1 aliphatic rings. The summed E-state index contributed by atoms with van der Waals surface area (Å²) in [5.74, 6) is -0.0945. The van der Waals surface area contributed by atoms with Crippen LogP contribution < -0.4 is 0 Å². The number of aliphatic hydroxyl groups is 1. The summed E-state index contributed by atoms with van der Waals surface area (Å²) in [5.41, 5.74) is 0.998. The minimum atomic E-state index is -0.293. The van der Waals surface area contributed by atoms with Gasteiger partial charge in [-0.2, -0.15) is 0 Å². The quantitative estimate of drug-likeness (QED) is 0.904. The predicted molar refractivity (Wildman–Crippen MR) is 88.9 cm³/mol. The summed E-state index contributed by atoms with van der Waals surface area (Å²) < 4.78 is 13.4. The summed E-state index contributed by atoms with van der Waals surface area (Å²) in [7, 11) is 1.79. The molecular weight excluding hydrogens is 295 g/mol. The number of likely N-dealkylation sites (tertiary alicyclic amines) is 1. The zero-order valence-corrected chi connectivity index (χ0v) is 14.4. The molecule has 1 N–H and O–H groups in total. The molecule has 0 radical (unpaired) electrons. The SMILES string of the molecule is Cc1cc(C(=O)N(C)C(C)[C@H](C)CN2CC[C@@H](O)C2)ccc1F.